The molecular formula is C14H19N3O. The van der Waals surface area contributed by atoms with E-state index in [0.717, 1.165) is 37.4 Å². The van der Waals surface area contributed by atoms with Gasteiger partial charge in [0.2, 0.25) is 0 Å². The fourth-order valence-electron chi connectivity index (χ4n) is 2.27. The number of rotatable bonds is 3. The zero-order valence-electron chi connectivity index (χ0n) is 10.9. The van der Waals surface area contributed by atoms with Gasteiger partial charge in [-0.15, -0.1) is 0 Å². The predicted molar refractivity (Wildman–Crippen MR) is 71.7 cm³/mol. The smallest absolute Gasteiger partial charge is 0.141 e. The predicted octanol–water partition coefficient (Wildman–Crippen LogP) is 2.10. The van der Waals surface area contributed by atoms with Crippen molar-refractivity contribution in [3.05, 3.63) is 24.3 Å². The standard InChI is InChI=1S/C14H19N3O/c1-17-9-7-14(11-15,8-10-17)16-12-5-3-4-6-13(12)18-2/h3-6,16H,7-10H2,1-2H3. The van der Waals surface area contributed by atoms with Gasteiger partial charge < -0.3 is 15.0 Å². The van der Waals surface area contributed by atoms with Crippen molar-refractivity contribution in [3.8, 4) is 11.8 Å². The Bertz CT molecular complexity index is 445. The molecule has 1 fully saturated rings. The zero-order valence-corrected chi connectivity index (χ0v) is 10.9. The van der Waals surface area contributed by atoms with Gasteiger partial charge in [0.15, 0.2) is 0 Å². The summed E-state index contributed by atoms with van der Waals surface area (Å²) in [6.07, 6.45) is 1.66. The minimum absolute atomic E-state index is 0.471. The number of nitrogens with one attached hydrogen (secondary N) is 1. The van der Waals surface area contributed by atoms with Gasteiger partial charge >= 0.3 is 0 Å². The van der Waals surface area contributed by atoms with Gasteiger partial charge in [0.05, 0.1) is 18.9 Å². The Balaban J connectivity index is 2.18. The van der Waals surface area contributed by atoms with E-state index in [1.54, 1.807) is 7.11 Å². The van der Waals surface area contributed by atoms with E-state index in [1.807, 2.05) is 24.3 Å². The summed E-state index contributed by atoms with van der Waals surface area (Å²) >= 11 is 0. The van der Waals surface area contributed by atoms with Gasteiger partial charge in [0, 0.05) is 13.1 Å². The molecule has 0 unspecified atom stereocenters. The van der Waals surface area contributed by atoms with E-state index in [4.69, 9.17) is 4.74 Å². The van der Waals surface area contributed by atoms with Crippen molar-refractivity contribution < 1.29 is 4.74 Å². The molecule has 1 aromatic carbocycles. The molecule has 1 aromatic rings. The summed E-state index contributed by atoms with van der Waals surface area (Å²) in [6, 6.07) is 10.2. The van der Waals surface area contributed by atoms with E-state index in [1.165, 1.54) is 0 Å². The summed E-state index contributed by atoms with van der Waals surface area (Å²) in [5.41, 5.74) is 0.423. The molecule has 0 atom stereocenters. The van der Waals surface area contributed by atoms with E-state index in [2.05, 4.69) is 23.3 Å². The first-order valence-electron chi connectivity index (χ1n) is 6.20. The second-order valence-corrected chi connectivity index (χ2v) is 4.82. The molecule has 1 aliphatic heterocycles. The number of nitriles is 1. The van der Waals surface area contributed by atoms with Crippen LogP contribution in [0.2, 0.25) is 0 Å². The number of hydrogen-bond acceptors (Lipinski definition) is 4. The maximum absolute atomic E-state index is 9.48. The molecule has 18 heavy (non-hydrogen) atoms. The number of hydrogen-bond donors (Lipinski definition) is 1. The number of likely N-dealkylation sites (tertiary alicyclic amines) is 1. The van der Waals surface area contributed by atoms with Gasteiger partial charge in [0.1, 0.15) is 11.3 Å². The molecule has 0 aliphatic carbocycles. The van der Waals surface area contributed by atoms with E-state index in [-0.39, 0.29) is 0 Å². The lowest BCUT2D eigenvalue weighted by Crippen LogP contribution is -2.47. The molecule has 96 valence electrons. The molecule has 1 saturated heterocycles. The maximum Gasteiger partial charge on any atom is 0.141 e. The van der Waals surface area contributed by atoms with Crippen LogP contribution in [-0.2, 0) is 0 Å². The molecule has 0 aromatic heterocycles. The first kappa shape index (κ1) is 12.7. The van der Waals surface area contributed by atoms with E-state index < -0.39 is 5.54 Å². The summed E-state index contributed by atoms with van der Waals surface area (Å²) in [5.74, 6) is 0.783. The second-order valence-electron chi connectivity index (χ2n) is 4.82. The Morgan fingerprint density at radius 3 is 2.61 bits per heavy atom. The van der Waals surface area contributed by atoms with Gasteiger partial charge in [-0.3, -0.25) is 0 Å². The lowest BCUT2D eigenvalue weighted by molar-refractivity contribution is 0.235. The van der Waals surface area contributed by atoms with Crippen molar-refractivity contribution in [1.82, 2.24) is 4.90 Å². The van der Waals surface area contributed by atoms with Crippen LogP contribution < -0.4 is 10.1 Å². The largest absolute Gasteiger partial charge is 0.495 e. The van der Waals surface area contributed by atoms with Crippen LogP contribution in [-0.4, -0.2) is 37.7 Å². The van der Waals surface area contributed by atoms with Crippen molar-refractivity contribution in [2.75, 3.05) is 32.6 Å². The van der Waals surface area contributed by atoms with Crippen molar-refractivity contribution >= 4 is 5.69 Å². The molecule has 4 heteroatoms. The highest BCUT2D eigenvalue weighted by Gasteiger charge is 2.34. The first-order valence-corrected chi connectivity index (χ1v) is 6.20. The third-order valence-electron chi connectivity index (χ3n) is 3.54. The molecule has 0 saturated carbocycles. The topological polar surface area (TPSA) is 48.3 Å². The highest BCUT2D eigenvalue weighted by molar-refractivity contribution is 5.59. The first-order chi connectivity index (χ1) is 8.69. The van der Waals surface area contributed by atoms with Crippen LogP contribution >= 0.6 is 0 Å². The quantitative estimate of drug-likeness (QED) is 0.886. The number of piperidine rings is 1. The van der Waals surface area contributed by atoms with E-state index >= 15 is 0 Å². The number of nitrogens with zero attached hydrogens (tertiary/aromatic N) is 2. The fraction of sp³-hybridized carbons (Fsp3) is 0.500. The Kier molecular flexibility index (Phi) is 3.73. The molecule has 0 spiro atoms. The molecule has 1 heterocycles. The van der Waals surface area contributed by atoms with Gasteiger partial charge in [-0.25, -0.2) is 0 Å². The van der Waals surface area contributed by atoms with E-state index in [9.17, 15) is 5.26 Å². The summed E-state index contributed by atoms with van der Waals surface area (Å²) < 4.78 is 5.32. The maximum atomic E-state index is 9.48. The SMILES string of the molecule is COc1ccccc1NC1(C#N)CCN(C)CC1. The molecule has 0 radical (unpaired) electrons. The van der Waals surface area contributed by atoms with Gasteiger partial charge in [0.25, 0.3) is 0 Å². The average Bonchev–Trinajstić information content (AvgIpc) is 2.42. The summed E-state index contributed by atoms with van der Waals surface area (Å²) in [4.78, 5) is 2.25. The highest BCUT2D eigenvalue weighted by Crippen LogP contribution is 2.31. The second kappa shape index (κ2) is 5.28. The molecule has 1 aliphatic rings. The van der Waals surface area contributed by atoms with Crippen LogP contribution in [0, 0.1) is 11.3 Å². The van der Waals surface area contributed by atoms with Crippen LogP contribution in [0.3, 0.4) is 0 Å². The Hall–Kier alpha value is -1.73. The number of anilines is 1. The number of ether oxygens (including phenoxy) is 1. The van der Waals surface area contributed by atoms with Crippen molar-refractivity contribution in [2.45, 2.75) is 18.4 Å². The van der Waals surface area contributed by atoms with Crippen LogP contribution in [0.25, 0.3) is 0 Å². The molecule has 0 amide bonds. The molecule has 0 bridgehead atoms. The molecule has 2 rings (SSSR count). The third kappa shape index (κ3) is 2.57. The monoisotopic (exact) mass is 245 g/mol. The lowest BCUT2D eigenvalue weighted by Gasteiger charge is -2.37. The average molecular weight is 245 g/mol. The number of benzene rings is 1. The van der Waals surface area contributed by atoms with Gasteiger partial charge in [-0.2, -0.15) is 5.26 Å². The highest BCUT2D eigenvalue weighted by atomic mass is 16.5. The van der Waals surface area contributed by atoms with Crippen molar-refractivity contribution in [2.24, 2.45) is 0 Å². The summed E-state index contributed by atoms with van der Waals surface area (Å²) in [5, 5.41) is 12.9. The Morgan fingerprint density at radius 2 is 2.00 bits per heavy atom. The Labute approximate surface area is 108 Å². The number of para-hydroxylation sites is 2. The normalized spacial score (nSPS) is 18.9. The van der Waals surface area contributed by atoms with Gasteiger partial charge in [-0.1, -0.05) is 12.1 Å². The number of methoxy groups -OCH3 is 1. The third-order valence-corrected chi connectivity index (χ3v) is 3.54. The van der Waals surface area contributed by atoms with Crippen LogP contribution in [0.5, 0.6) is 5.75 Å². The lowest BCUT2D eigenvalue weighted by atomic mass is 9.89. The van der Waals surface area contributed by atoms with Crippen LogP contribution in [0.15, 0.2) is 24.3 Å². The zero-order chi connectivity index (χ0) is 13.0. The molecular weight excluding hydrogens is 226 g/mol. The van der Waals surface area contributed by atoms with Crippen molar-refractivity contribution in [1.29, 1.82) is 5.26 Å². The fourth-order valence-corrected chi connectivity index (χ4v) is 2.27. The van der Waals surface area contributed by atoms with Crippen molar-refractivity contribution in [3.63, 3.8) is 0 Å². The van der Waals surface area contributed by atoms with Crippen LogP contribution in [0.1, 0.15) is 12.8 Å². The van der Waals surface area contributed by atoms with Crippen LogP contribution in [0.4, 0.5) is 5.69 Å². The summed E-state index contributed by atoms with van der Waals surface area (Å²) in [6.45, 7) is 1.88. The minimum Gasteiger partial charge on any atom is -0.495 e. The Morgan fingerprint density at radius 1 is 1.33 bits per heavy atom. The van der Waals surface area contributed by atoms with Gasteiger partial charge in [-0.05, 0) is 32.0 Å². The summed E-state index contributed by atoms with van der Waals surface area (Å²) in [7, 11) is 3.73. The minimum atomic E-state index is -0.471. The molecule has 4 nitrogen and oxygen atoms in total. The van der Waals surface area contributed by atoms with E-state index in [0.29, 0.717) is 0 Å². The molecule has 1 N–H and O–H groups in total.